The van der Waals surface area contributed by atoms with E-state index in [1.807, 2.05) is 0 Å². The molecule has 1 atom stereocenters. The Bertz CT molecular complexity index is 358. The van der Waals surface area contributed by atoms with Gasteiger partial charge in [0.25, 0.3) is 0 Å². The van der Waals surface area contributed by atoms with Crippen LogP contribution in [-0.4, -0.2) is 0 Å². The second kappa shape index (κ2) is 7.33. The van der Waals surface area contributed by atoms with Crippen LogP contribution in [0.3, 0.4) is 0 Å². The van der Waals surface area contributed by atoms with E-state index >= 15 is 0 Å². The summed E-state index contributed by atoms with van der Waals surface area (Å²) >= 11 is 6.72. The lowest BCUT2D eigenvalue weighted by molar-refractivity contribution is 0.445. The van der Waals surface area contributed by atoms with Crippen molar-refractivity contribution in [3.63, 3.8) is 0 Å². The molecule has 0 N–H and O–H groups in total. The summed E-state index contributed by atoms with van der Waals surface area (Å²) in [6, 6.07) is 9.03. The van der Waals surface area contributed by atoms with Crippen molar-refractivity contribution in [2.45, 2.75) is 64.2 Å². The molecule has 0 nitrogen and oxygen atoms in total. The molecular formula is C18H27Cl. The van der Waals surface area contributed by atoms with Crippen LogP contribution in [0.25, 0.3) is 0 Å². The molecule has 0 aliphatic heterocycles. The minimum Gasteiger partial charge on any atom is -0.118 e. The van der Waals surface area contributed by atoms with Gasteiger partial charge in [0.1, 0.15) is 0 Å². The largest absolute Gasteiger partial charge is 0.118 e. The smallest absolute Gasteiger partial charge is 0.0613 e. The Morgan fingerprint density at radius 2 is 1.58 bits per heavy atom. The van der Waals surface area contributed by atoms with Gasteiger partial charge in [0.15, 0.2) is 0 Å². The van der Waals surface area contributed by atoms with Gasteiger partial charge in [-0.2, -0.15) is 0 Å². The van der Waals surface area contributed by atoms with E-state index in [4.69, 9.17) is 11.6 Å². The van der Waals surface area contributed by atoms with Gasteiger partial charge in [-0.05, 0) is 42.2 Å². The highest BCUT2D eigenvalue weighted by atomic mass is 35.5. The first-order valence-electron chi connectivity index (χ1n) is 7.89. The molecule has 1 aromatic rings. The molecule has 1 unspecified atom stereocenters. The predicted octanol–water partition coefficient (Wildman–Crippen LogP) is 6.14. The maximum Gasteiger partial charge on any atom is 0.0613 e. The first kappa shape index (κ1) is 14.9. The lowest BCUT2D eigenvalue weighted by atomic mass is 9.91. The highest BCUT2D eigenvalue weighted by Crippen LogP contribution is 2.37. The van der Waals surface area contributed by atoms with E-state index in [2.05, 4.69) is 38.1 Å². The summed E-state index contributed by atoms with van der Waals surface area (Å²) < 4.78 is 0. The molecule has 1 saturated carbocycles. The van der Waals surface area contributed by atoms with E-state index < -0.39 is 0 Å². The summed E-state index contributed by atoms with van der Waals surface area (Å²) in [6.07, 6.45) is 9.29. The van der Waals surface area contributed by atoms with Crippen LogP contribution in [0.15, 0.2) is 24.3 Å². The molecule has 19 heavy (non-hydrogen) atoms. The van der Waals surface area contributed by atoms with Gasteiger partial charge in [-0.15, -0.1) is 11.6 Å². The summed E-state index contributed by atoms with van der Waals surface area (Å²) in [5.74, 6) is 1.40. The second-order valence-corrected chi connectivity index (χ2v) is 6.96. The Morgan fingerprint density at radius 1 is 1.00 bits per heavy atom. The summed E-state index contributed by atoms with van der Waals surface area (Å²) in [6.45, 7) is 4.54. The van der Waals surface area contributed by atoms with Crippen LogP contribution in [-0.2, 0) is 6.42 Å². The van der Waals surface area contributed by atoms with E-state index in [0.717, 1.165) is 12.3 Å². The van der Waals surface area contributed by atoms with Gasteiger partial charge in [0, 0.05) is 0 Å². The molecule has 0 saturated heterocycles. The fraction of sp³-hybridized carbons (Fsp3) is 0.667. The fourth-order valence-corrected chi connectivity index (χ4v) is 3.58. The van der Waals surface area contributed by atoms with Crippen molar-refractivity contribution >= 4 is 11.6 Å². The molecule has 0 bridgehead atoms. The first-order chi connectivity index (χ1) is 9.16. The minimum atomic E-state index is 0.214. The molecule has 0 heterocycles. The van der Waals surface area contributed by atoms with Crippen molar-refractivity contribution < 1.29 is 0 Å². The quantitative estimate of drug-likeness (QED) is 0.459. The zero-order valence-corrected chi connectivity index (χ0v) is 13.1. The Kier molecular flexibility index (Phi) is 5.76. The fourth-order valence-electron chi connectivity index (χ4n) is 3.18. The maximum absolute atomic E-state index is 6.72. The Morgan fingerprint density at radius 3 is 2.11 bits per heavy atom. The molecule has 0 aromatic heterocycles. The van der Waals surface area contributed by atoms with Gasteiger partial charge in [0.05, 0.1) is 5.38 Å². The van der Waals surface area contributed by atoms with Gasteiger partial charge < -0.3 is 0 Å². The van der Waals surface area contributed by atoms with Crippen molar-refractivity contribution in [2.24, 2.45) is 11.8 Å². The number of hydrogen-bond donors (Lipinski definition) is 0. The van der Waals surface area contributed by atoms with Crippen LogP contribution in [0.4, 0.5) is 0 Å². The first-order valence-corrected chi connectivity index (χ1v) is 8.33. The second-order valence-electron chi connectivity index (χ2n) is 6.49. The van der Waals surface area contributed by atoms with Crippen molar-refractivity contribution in [1.29, 1.82) is 0 Å². The van der Waals surface area contributed by atoms with Crippen LogP contribution < -0.4 is 0 Å². The van der Waals surface area contributed by atoms with Crippen LogP contribution >= 0.6 is 11.6 Å². The zero-order chi connectivity index (χ0) is 13.7. The van der Waals surface area contributed by atoms with Crippen molar-refractivity contribution in [1.82, 2.24) is 0 Å². The molecule has 0 radical (unpaired) electrons. The van der Waals surface area contributed by atoms with Crippen molar-refractivity contribution in [3.8, 4) is 0 Å². The predicted molar refractivity (Wildman–Crippen MR) is 84.8 cm³/mol. The highest BCUT2D eigenvalue weighted by Gasteiger charge is 2.22. The van der Waals surface area contributed by atoms with E-state index in [1.165, 1.54) is 49.7 Å². The molecule has 1 aliphatic carbocycles. The third kappa shape index (κ3) is 4.53. The number of benzene rings is 1. The molecule has 2 rings (SSSR count). The topological polar surface area (TPSA) is 0 Å². The normalized spacial score (nSPS) is 19.4. The Balaban J connectivity index is 1.99. The number of hydrogen-bond acceptors (Lipinski definition) is 0. The van der Waals surface area contributed by atoms with Gasteiger partial charge in [-0.1, -0.05) is 63.8 Å². The summed E-state index contributed by atoms with van der Waals surface area (Å²) in [4.78, 5) is 0. The molecule has 0 spiro atoms. The maximum atomic E-state index is 6.72. The molecule has 106 valence electrons. The van der Waals surface area contributed by atoms with E-state index in [9.17, 15) is 0 Å². The van der Waals surface area contributed by atoms with Crippen molar-refractivity contribution in [2.75, 3.05) is 0 Å². The molecule has 1 fully saturated rings. The summed E-state index contributed by atoms with van der Waals surface area (Å²) in [7, 11) is 0. The molecule has 1 heteroatoms. The highest BCUT2D eigenvalue weighted by molar-refractivity contribution is 6.21. The van der Waals surface area contributed by atoms with Gasteiger partial charge in [-0.25, -0.2) is 0 Å². The summed E-state index contributed by atoms with van der Waals surface area (Å²) in [5, 5.41) is 0.214. The number of alkyl halides is 1. The molecular weight excluding hydrogens is 252 g/mol. The van der Waals surface area contributed by atoms with Gasteiger partial charge in [0.2, 0.25) is 0 Å². The summed E-state index contributed by atoms with van der Waals surface area (Å²) in [5.41, 5.74) is 2.75. The number of halogens is 1. The third-order valence-electron chi connectivity index (χ3n) is 4.26. The van der Waals surface area contributed by atoms with E-state index in [1.54, 1.807) is 0 Å². The SMILES string of the molecule is CC(C)Cc1ccc(C(Cl)C2CCCCCC2)cc1. The molecule has 0 amide bonds. The third-order valence-corrected chi connectivity index (χ3v) is 4.86. The zero-order valence-electron chi connectivity index (χ0n) is 12.4. The average Bonchev–Trinajstić information content (AvgIpc) is 2.67. The molecule has 1 aliphatic rings. The van der Waals surface area contributed by atoms with Gasteiger partial charge >= 0.3 is 0 Å². The average molecular weight is 279 g/mol. The van der Waals surface area contributed by atoms with Crippen LogP contribution in [0.5, 0.6) is 0 Å². The van der Waals surface area contributed by atoms with Crippen LogP contribution in [0, 0.1) is 11.8 Å². The standard InChI is InChI=1S/C18H27Cl/c1-14(2)13-15-9-11-17(12-10-15)18(19)16-7-5-3-4-6-8-16/h9-12,14,16,18H,3-8,13H2,1-2H3. The Labute approximate surface area is 123 Å². The molecule has 1 aromatic carbocycles. The van der Waals surface area contributed by atoms with Crippen molar-refractivity contribution in [3.05, 3.63) is 35.4 Å². The lowest BCUT2D eigenvalue weighted by Crippen LogP contribution is -2.07. The minimum absolute atomic E-state index is 0.214. The monoisotopic (exact) mass is 278 g/mol. The van der Waals surface area contributed by atoms with Crippen LogP contribution in [0.2, 0.25) is 0 Å². The van der Waals surface area contributed by atoms with E-state index in [0.29, 0.717) is 5.92 Å². The number of rotatable bonds is 4. The Hall–Kier alpha value is -0.490. The lowest BCUT2D eigenvalue weighted by Gasteiger charge is -2.21. The van der Waals surface area contributed by atoms with Crippen LogP contribution in [0.1, 0.15) is 68.9 Å². The van der Waals surface area contributed by atoms with E-state index in [-0.39, 0.29) is 5.38 Å². The van der Waals surface area contributed by atoms with Gasteiger partial charge in [-0.3, -0.25) is 0 Å².